The normalized spacial score (nSPS) is 21.3. The minimum absolute atomic E-state index is 0.464. The summed E-state index contributed by atoms with van der Waals surface area (Å²) in [6.45, 7) is 1.83. The molecule has 2 fully saturated rings. The molecule has 2 saturated heterocycles. The quantitative estimate of drug-likeness (QED) is 0.295. The molecule has 0 saturated carbocycles. The van der Waals surface area contributed by atoms with E-state index < -0.39 is 0 Å². The monoisotopic (exact) mass is 410 g/mol. The highest BCUT2D eigenvalue weighted by molar-refractivity contribution is 8.08. The van der Waals surface area contributed by atoms with Crippen molar-refractivity contribution in [1.29, 1.82) is 0 Å². The number of hydrogen-bond acceptors (Lipinski definition) is 7. The van der Waals surface area contributed by atoms with Crippen LogP contribution in [0.3, 0.4) is 0 Å². The van der Waals surface area contributed by atoms with Crippen molar-refractivity contribution in [3.05, 3.63) is 48.5 Å². The van der Waals surface area contributed by atoms with Gasteiger partial charge in [0.15, 0.2) is 0 Å². The van der Waals surface area contributed by atoms with Crippen LogP contribution in [-0.2, 0) is 13.1 Å². The van der Waals surface area contributed by atoms with E-state index in [1.807, 2.05) is 23.5 Å². The fraction of sp³-hybridized carbons (Fsp3) is 0.333. The first kappa shape index (κ1) is 18.1. The van der Waals surface area contributed by atoms with E-state index in [4.69, 9.17) is 13.1 Å². The van der Waals surface area contributed by atoms with E-state index in [0.29, 0.717) is 12.2 Å². The molecule has 0 bridgehead atoms. The van der Waals surface area contributed by atoms with Crippen LogP contribution in [0.5, 0.6) is 0 Å². The van der Waals surface area contributed by atoms with Gasteiger partial charge < -0.3 is 9.47 Å². The average molecular weight is 411 g/mol. The SMILES string of the molecule is c1cc(SOSc2ccc(SCC3CO3)cc2)ccc1SCC1CO1. The number of hydrogen-bond donors (Lipinski definition) is 0. The lowest BCUT2D eigenvalue weighted by atomic mass is 10.4. The van der Waals surface area contributed by atoms with E-state index in [0.717, 1.165) is 34.5 Å². The van der Waals surface area contributed by atoms with Crippen LogP contribution in [-0.4, -0.2) is 36.9 Å². The number of epoxide rings is 2. The topological polar surface area (TPSA) is 34.3 Å². The summed E-state index contributed by atoms with van der Waals surface area (Å²) in [6, 6.07) is 16.9. The van der Waals surface area contributed by atoms with E-state index in [1.54, 1.807) is 0 Å². The molecule has 3 nitrogen and oxygen atoms in total. The lowest BCUT2D eigenvalue weighted by molar-refractivity contribution is 0.426. The van der Waals surface area contributed by atoms with Crippen molar-refractivity contribution in [3.8, 4) is 0 Å². The molecule has 25 heavy (non-hydrogen) atoms. The van der Waals surface area contributed by atoms with Gasteiger partial charge in [-0.25, -0.2) is 3.63 Å². The van der Waals surface area contributed by atoms with Crippen molar-refractivity contribution >= 4 is 47.6 Å². The van der Waals surface area contributed by atoms with Crippen LogP contribution in [0.2, 0.25) is 0 Å². The molecule has 4 rings (SSSR count). The predicted octanol–water partition coefficient (Wildman–Crippen LogP) is 5.40. The summed E-state index contributed by atoms with van der Waals surface area (Å²) in [7, 11) is 0. The van der Waals surface area contributed by atoms with E-state index >= 15 is 0 Å². The minimum Gasteiger partial charge on any atom is -0.372 e. The fourth-order valence-corrected chi connectivity index (χ4v) is 5.04. The van der Waals surface area contributed by atoms with Crippen LogP contribution >= 0.6 is 47.6 Å². The van der Waals surface area contributed by atoms with Crippen molar-refractivity contribution in [3.63, 3.8) is 0 Å². The lowest BCUT2D eigenvalue weighted by Crippen LogP contribution is -1.88. The molecule has 0 N–H and O–H groups in total. The van der Waals surface area contributed by atoms with Crippen molar-refractivity contribution < 1.29 is 13.1 Å². The summed E-state index contributed by atoms with van der Waals surface area (Å²) in [4.78, 5) is 4.77. The molecule has 0 aliphatic carbocycles. The average Bonchev–Trinajstić information content (AvgIpc) is 3.55. The van der Waals surface area contributed by atoms with Crippen LogP contribution in [0.1, 0.15) is 0 Å². The van der Waals surface area contributed by atoms with Gasteiger partial charge in [0.25, 0.3) is 0 Å². The molecule has 0 radical (unpaired) electrons. The Morgan fingerprint density at radius 2 is 1.04 bits per heavy atom. The zero-order valence-corrected chi connectivity index (χ0v) is 16.7. The highest BCUT2D eigenvalue weighted by Crippen LogP contribution is 2.33. The predicted molar refractivity (Wildman–Crippen MR) is 107 cm³/mol. The first-order valence-electron chi connectivity index (χ1n) is 8.05. The van der Waals surface area contributed by atoms with Gasteiger partial charge in [0.1, 0.15) is 0 Å². The Balaban J connectivity index is 1.17. The maximum absolute atomic E-state index is 5.68. The number of rotatable bonds is 10. The summed E-state index contributed by atoms with van der Waals surface area (Å²) in [5.41, 5.74) is 0. The van der Waals surface area contributed by atoms with Gasteiger partial charge in [0, 0.05) is 55.2 Å². The summed E-state index contributed by atoms with van der Waals surface area (Å²) in [5.74, 6) is 2.08. The molecule has 7 heteroatoms. The zero-order chi connectivity index (χ0) is 16.9. The smallest absolute Gasteiger partial charge is 0.0903 e. The second-order valence-electron chi connectivity index (χ2n) is 5.71. The van der Waals surface area contributed by atoms with Crippen LogP contribution in [0.4, 0.5) is 0 Å². The third-order valence-corrected chi connectivity index (χ3v) is 7.35. The second kappa shape index (κ2) is 9.08. The Labute approximate surface area is 165 Å². The van der Waals surface area contributed by atoms with Gasteiger partial charge in [0.2, 0.25) is 0 Å². The van der Waals surface area contributed by atoms with E-state index in [9.17, 15) is 0 Å². The van der Waals surface area contributed by atoms with Gasteiger partial charge in [-0.1, -0.05) is 0 Å². The maximum atomic E-state index is 5.68. The highest BCUT2D eigenvalue weighted by Gasteiger charge is 2.22. The molecule has 2 aromatic rings. The molecule has 2 unspecified atom stereocenters. The summed E-state index contributed by atoms with van der Waals surface area (Å²) in [5, 5.41) is 0. The van der Waals surface area contributed by atoms with Crippen molar-refractivity contribution in [1.82, 2.24) is 0 Å². The third-order valence-electron chi connectivity index (χ3n) is 3.58. The molecule has 2 aromatic carbocycles. The molecule has 0 spiro atoms. The molecule has 2 aliphatic rings. The summed E-state index contributed by atoms with van der Waals surface area (Å²) in [6.07, 6.45) is 0.927. The van der Waals surface area contributed by atoms with Gasteiger partial charge in [-0.05, 0) is 48.5 Å². The molecule has 2 heterocycles. The van der Waals surface area contributed by atoms with Crippen LogP contribution in [0.15, 0.2) is 68.1 Å². The van der Waals surface area contributed by atoms with Gasteiger partial charge in [-0.2, -0.15) is 0 Å². The van der Waals surface area contributed by atoms with E-state index in [1.165, 1.54) is 33.9 Å². The Morgan fingerprint density at radius 1 is 0.680 bits per heavy atom. The van der Waals surface area contributed by atoms with Gasteiger partial charge in [0.05, 0.1) is 25.4 Å². The number of thioether (sulfide) groups is 2. The Morgan fingerprint density at radius 3 is 1.40 bits per heavy atom. The van der Waals surface area contributed by atoms with Gasteiger partial charge >= 0.3 is 0 Å². The second-order valence-corrected chi connectivity index (χ2v) is 9.72. The first-order chi connectivity index (χ1) is 12.3. The largest absolute Gasteiger partial charge is 0.372 e. The van der Waals surface area contributed by atoms with Crippen LogP contribution < -0.4 is 0 Å². The first-order valence-corrected chi connectivity index (χ1v) is 11.5. The minimum atomic E-state index is 0.464. The molecule has 2 aliphatic heterocycles. The molecular weight excluding hydrogens is 392 g/mol. The summed E-state index contributed by atoms with van der Waals surface area (Å²) >= 11 is 6.47. The van der Waals surface area contributed by atoms with Crippen molar-refractivity contribution in [2.45, 2.75) is 31.8 Å². The van der Waals surface area contributed by atoms with Gasteiger partial charge in [-0.3, -0.25) is 0 Å². The molecule has 0 amide bonds. The van der Waals surface area contributed by atoms with E-state index in [-0.39, 0.29) is 0 Å². The Bertz CT molecular complexity index is 610. The Hall–Kier alpha value is -0.280. The van der Waals surface area contributed by atoms with E-state index in [2.05, 4.69) is 48.5 Å². The molecule has 132 valence electrons. The van der Waals surface area contributed by atoms with Crippen LogP contribution in [0.25, 0.3) is 0 Å². The van der Waals surface area contributed by atoms with Crippen molar-refractivity contribution in [2.75, 3.05) is 24.7 Å². The number of ether oxygens (including phenoxy) is 2. The standard InChI is InChI=1S/C18H18O3S4/c1-5-17(6-2-15(1)22-11-13-9-19-13)24-21-25-18-7-3-16(4-8-18)23-12-14-10-20-14/h1-8,13-14H,9-12H2. The molecular formula is C18H18O3S4. The summed E-state index contributed by atoms with van der Waals surface area (Å²) < 4.78 is 16.1. The third kappa shape index (κ3) is 6.43. The Kier molecular flexibility index (Phi) is 6.57. The molecule has 0 aromatic heterocycles. The maximum Gasteiger partial charge on any atom is 0.0903 e. The fourth-order valence-electron chi connectivity index (χ4n) is 1.99. The lowest BCUT2D eigenvalue weighted by Gasteiger charge is -2.04. The highest BCUT2D eigenvalue weighted by atomic mass is 32.2. The number of benzene rings is 2. The van der Waals surface area contributed by atoms with Crippen LogP contribution in [0, 0.1) is 0 Å². The zero-order valence-electron chi connectivity index (χ0n) is 13.5. The van der Waals surface area contributed by atoms with Crippen molar-refractivity contribution in [2.24, 2.45) is 0 Å². The van der Waals surface area contributed by atoms with Gasteiger partial charge in [-0.15, -0.1) is 23.5 Å². The molecule has 2 atom stereocenters.